The van der Waals surface area contributed by atoms with Crippen LogP contribution in [-0.2, 0) is 9.53 Å². The van der Waals surface area contributed by atoms with Gasteiger partial charge in [0.1, 0.15) is 5.54 Å². The Bertz CT molecular complexity index is 267. The van der Waals surface area contributed by atoms with Gasteiger partial charge < -0.3 is 15.0 Å². The summed E-state index contributed by atoms with van der Waals surface area (Å²) < 4.78 is 5.19. The first-order valence-electron chi connectivity index (χ1n) is 8.07. The van der Waals surface area contributed by atoms with Crippen LogP contribution >= 0.6 is 0 Å². The second kappa shape index (κ2) is 10.2. The monoisotopic (exact) mass is 286 g/mol. The number of esters is 1. The molecule has 0 rings (SSSR count). The summed E-state index contributed by atoms with van der Waals surface area (Å²) in [6.45, 7) is 12.5. The van der Waals surface area contributed by atoms with Crippen molar-refractivity contribution in [2.24, 2.45) is 0 Å². The van der Waals surface area contributed by atoms with E-state index in [-0.39, 0.29) is 5.97 Å². The van der Waals surface area contributed by atoms with Crippen molar-refractivity contribution in [3.8, 4) is 0 Å². The molecule has 120 valence electrons. The molecule has 20 heavy (non-hydrogen) atoms. The summed E-state index contributed by atoms with van der Waals surface area (Å²) in [6, 6.07) is 0.642. The SMILES string of the molecule is CCNC(C)(CCCN(C)C(CC)CC)C(=O)OCC. The quantitative estimate of drug-likeness (QED) is 0.593. The fourth-order valence-electron chi connectivity index (χ4n) is 2.72. The maximum atomic E-state index is 12.1. The lowest BCUT2D eigenvalue weighted by Crippen LogP contribution is -2.50. The van der Waals surface area contributed by atoms with Crippen molar-refractivity contribution >= 4 is 5.97 Å². The predicted molar refractivity (Wildman–Crippen MR) is 84.9 cm³/mol. The van der Waals surface area contributed by atoms with Crippen molar-refractivity contribution in [3.05, 3.63) is 0 Å². The molecule has 0 amide bonds. The molecule has 0 aliphatic carbocycles. The number of hydrogen-bond acceptors (Lipinski definition) is 4. The van der Waals surface area contributed by atoms with Crippen LogP contribution in [0, 0.1) is 0 Å². The molecule has 0 saturated carbocycles. The van der Waals surface area contributed by atoms with Gasteiger partial charge >= 0.3 is 5.97 Å². The van der Waals surface area contributed by atoms with E-state index < -0.39 is 5.54 Å². The summed E-state index contributed by atoms with van der Waals surface area (Å²) in [6.07, 6.45) is 4.16. The van der Waals surface area contributed by atoms with Crippen LogP contribution in [0.25, 0.3) is 0 Å². The van der Waals surface area contributed by atoms with Gasteiger partial charge in [-0.25, -0.2) is 0 Å². The molecule has 0 saturated heterocycles. The van der Waals surface area contributed by atoms with Gasteiger partial charge in [-0.15, -0.1) is 0 Å². The maximum Gasteiger partial charge on any atom is 0.326 e. The molecule has 0 heterocycles. The van der Waals surface area contributed by atoms with Crippen LogP contribution in [0.4, 0.5) is 0 Å². The molecule has 0 aliphatic heterocycles. The Labute approximate surface area is 125 Å². The zero-order valence-corrected chi connectivity index (χ0v) is 14.3. The minimum Gasteiger partial charge on any atom is -0.465 e. The Morgan fingerprint density at radius 2 is 1.85 bits per heavy atom. The van der Waals surface area contributed by atoms with Crippen LogP contribution in [0.15, 0.2) is 0 Å². The summed E-state index contributed by atoms with van der Waals surface area (Å²) in [5.74, 6) is -0.132. The Kier molecular flexibility index (Phi) is 9.86. The van der Waals surface area contributed by atoms with E-state index in [0.29, 0.717) is 12.6 Å². The molecule has 1 atom stereocenters. The maximum absolute atomic E-state index is 12.1. The summed E-state index contributed by atoms with van der Waals surface area (Å²) in [4.78, 5) is 14.5. The highest BCUT2D eigenvalue weighted by Crippen LogP contribution is 2.16. The van der Waals surface area contributed by atoms with Gasteiger partial charge in [-0.05, 0) is 59.7 Å². The fraction of sp³-hybridized carbons (Fsp3) is 0.938. The smallest absolute Gasteiger partial charge is 0.326 e. The van der Waals surface area contributed by atoms with Crippen molar-refractivity contribution in [1.82, 2.24) is 10.2 Å². The van der Waals surface area contributed by atoms with E-state index in [1.165, 1.54) is 12.8 Å². The third kappa shape index (κ3) is 6.23. The second-order valence-electron chi connectivity index (χ2n) is 5.64. The van der Waals surface area contributed by atoms with Crippen molar-refractivity contribution in [2.75, 3.05) is 26.7 Å². The number of nitrogens with one attached hydrogen (secondary N) is 1. The van der Waals surface area contributed by atoms with E-state index in [1.807, 2.05) is 20.8 Å². The second-order valence-corrected chi connectivity index (χ2v) is 5.64. The fourth-order valence-corrected chi connectivity index (χ4v) is 2.72. The number of ether oxygens (including phenoxy) is 1. The number of likely N-dealkylation sites (N-methyl/N-ethyl adjacent to an activating group) is 1. The van der Waals surface area contributed by atoms with Gasteiger partial charge in [-0.1, -0.05) is 20.8 Å². The molecular weight excluding hydrogens is 252 g/mol. The molecule has 0 spiro atoms. The lowest BCUT2D eigenvalue weighted by Gasteiger charge is -2.30. The molecule has 4 nitrogen and oxygen atoms in total. The lowest BCUT2D eigenvalue weighted by atomic mass is 9.95. The summed E-state index contributed by atoms with van der Waals surface area (Å²) in [7, 11) is 2.17. The van der Waals surface area contributed by atoms with Gasteiger partial charge in [0.2, 0.25) is 0 Å². The third-order valence-corrected chi connectivity index (χ3v) is 4.05. The van der Waals surface area contributed by atoms with E-state index in [2.05, 4.69) is 31.1 Å². The summed E-state index contributed by atoms with van der Waals surface area (Å²) in [5, 5.41) is 3.28. The van der Waals surface area contributed by atoms with Crippen molar-refractivity contribution < 1.29 is 9.53 Å². The Balaban J connectivity index is 4.37. The van der Waals surface area contributed by atoms with Gasteiger partial charge in [0.05, 0.1) is 6.61 Å². The number of hydrogen-bond donors (Lipinski definition) is 1. The van der Waals surface area contributed by atoms with Crippen LogP contribution < -0.4 is 5.32 Å². The average molecular weight is 286 g/mol. The molecule has 4 heteroatoms. The van der Waals surface area contributed by atoms with Crippen LogP contribution in [0.1, 0.15) is 60.3 Å². The highest BCUT2D eigenvalue weighted by molar-refractivity contribution is 5.80. The zero-order chi connectivity index (χ0) is 15.6. The standard InChI is InChI=1S/C16H34N2O2/c1-7-14(8-2)18(6)13-11-12-16(5,17-9-3)15(19)20-10-4/h14,17H,7-13H2,1-6H3. The number of nitrogens with zero attached hydrogens (tertiary/aromatic N) is 1. The third-order valence-electron chi connectivity index (χ3n) is 4.05. The van der Waals surface area contributed by atoms with E-state index in [9.17, 15) is 4.79 Å². The molecule has 0 aromatic carbocycles. The van der Waals surface area contributed by atoms with Gasteiger partial charge in [-0.3, -0.25) is 4.79 Å². The van der Waals surface area contributed by atoms with Crippen LogP contribution in [0.5, 0.6) is 0 Å². The van der Waals surface area contributed by atoms with Crippen molar-refractivity contribution in [1.29, 1.82) is 0 Å². The summed E-state index contributed by atoms with van der Waals surface area (Å²) in [5.41, 5.74) is -0.556. The van der Waals surface area contributed by atoms with E-state index >= 15 is 0 Å². The Hall–Kier alpha value is -0.610. The molecule has 0 radical (unpaired) electrons. The van der Waals surface area contributed by atoms with Crippen molar-refractivity contribution in [2.45, 2.75) is 71.9 Å². The Morgan fingerprint density at radius 3 is 2.30 bits per heavy atom. The van der Waals surface area contributed by atoms with Crippen LogP contribution in [0.3, 0.4) is 0 Å². The lowest BCUT2D eigenvalue weighted by molar-refractivity contribution is -0.150. The minimum absolute atomic E-state index is 0.132. The zero-order valence-electron chi connectivity index (χ0n) is 14.3. The van der Waals surface area contributed by atoms with E-state index in [0.717, 1.165) is 25.9 Å². The molecule has 0 aromatic heterocycles. The Morgan fingerprint density at radius 1 is 1.25 bits per heavy atom. The predicted octanol–water partition coefficient (Wildman–Crippen LogP) is 2.82. The molecular formula is C16H34N2O2. The minimum atomic E-state index is -0.556. The topological polar surface area (TPSA) is 41.6 Å². The van der Waals surface area contributed by atoms with Crippen LogP contribution in [-0.4, -0.2) is 49.2 Å². The molecule has 0 bridgehead atoms. The molecule has 0 aliphatic rings. The largest absolute Gasteiger partial charge is 0.465 e. The number of carbonyl (C=O) groups excluding carboxylic acids is 1. The average Bonchev–Trinajstić information content (AvgIpc) is 2.40. The normalized spacial score (nSPS) is 14.6. The van der Waals surface area contributed by atoms with E-state index in [4.69, 9.17) is 4.74 Å². The van der Waals surface area contributed by atoms with Crippen molar-refractivity contribution in [3.63, 3.8) is 0 Å². The first-order valence-corrected chi connectivity index (χ1v) is 8.07. The first kappa shape index (κ1) is 19.4. The number of rotatable bonds is 11. The molecule has 0 aromatic rings. The van der Waals surface area contributed by atoms with Crippen LogP contribution in [0.2, 0.25) is 0 Å². The van der Waals surface area contributed by atoms with Gasteiger partial charge in [0, 0.05) is 6.04 Å². The number of carbonyl (C=O) groups is 1. The highest BCUT2D eigenvalue weighted by atomic mass is 16.5. The first-order chi connectivity index (χ1) is 9.45. The van der Waals surface area contributed by atoms with E-state index in [1.54, 1.807) is 0 Å². The molecule has 0 fully saturated rings. The van der Waals surface area contributed by atoms with Gasteiger partial charge in [0.25, 0.3) is 0 Å². The van der Waals surface area contributed by atoms with Gasteiger partial charge in [-0.2, -0.15) is 0 Å². The van der Waals surface area contributed by atoms with Gasteiger partial charge in [0.15, 0.2) is 0 Å². The highest BCUT2D eigenvalue weighted by Gasteiger charge is 2.33. The summed E-state index contributed by atoms with van der Waals surface area (Å²) >= 11 is 0. The molecule has 1 unspecified atom stereocenters. The molecule has 1 N–H and O–H groups in total.